The van der Waals surface area contributed by atoms with Gasteiger partial charge in [-0.15, -0.1) is 0 Å². The standard InChI is InChI=1S/C23H24N2O5S/c1-17(30-21-13-11-20(29-3)12-14-21)23(26)24-18-9-15-22(16-10-18)31(27,28)25(2)19-7-5-4-6-8-19/h4-17H,1-3H3,(H,24,26). The number of ether oxygens (including phenoxy) is 2. The Morgan fingerprint density at radius 3 is 2.06 bits per heavy atom. The highest BCUT2D eigenvalue weighted by Gasteiger charge is 2.21. The minimum atomic E-state index is -3.71. The summed E-state index contributed by atoms with van der Waals surface area (Å²) >= 11 is 0. The highest BCUT2D eigenvalue weighted by atomic mass is 32.2. The van der Waals surface area contributed by atoms with Crippen LogP contribution < -0.4 is 19.1 Å². The van der Waals surface area contributed by atoms with Gasteiger partial charge in [0.1, 0.15) is 11.5 Å². The molecule has 0 spiro atoms. The zero-order chi connectivity index (χ0) is 22.4. The zero-order valence-electron chi connectivity index (χ0n) is 17.5. The van der Waals surface area contributed by atoms with E-state index in [1.165, 1.54) is 23.5 Å². The third-order valence-corrected chi connectivity index (χ3v) is 6.44. The summed E-state index contributed by atoms with van der Waals surface area (Å²) < 4.78 is 37.6. The van der Waals surface area contributed by atoms with Crippen molar-refractivity contribution in [3.05, 3.63) is 78.9 Å². The molecule has 0 aliphatic heterocycles. The average Bonchev–Trinajstić information content (AvgIpc) is 2.80. The minimum absolute atomic E-state index is 0.124. The zero-order valence-corrected chi connectivity index (χ0v) is 18.3. The van der Waals surface area contributed by atoms with E-state index in [1.54, 1.807) is 74.7 Å². The number of sulfonamides is 1. The van der Waals surface area contributed by atoms with Gasteiger partial charge in [-0.3, -0.25) is 9.10 Å². The van der Waals surface area contributed by atoms with Gasteiger partial charge in [-0.2, -0.15) is 0 Å². The number of benzene rings is 3. The van der Waals surface area contributed by atoms with Gasteiger partial charge in [0, 0.05) is 12.7 Å². The summed E-state index contributed by atoms with van der Waals surface area (Å²) in [6, 6.07) is 21.7. The van der Waals surface area contributed by atoms with E-state index in [2.05, 4.69) is 5.32 Å². The Morgan fingerprint density at radius 2 is 1.48 bits per heavy atom. The van der Waals surface area contributed by atoms with Gasteiger partial charge >= 0.3 is 0 Å². The van der Waals surface area contributed by atoms with Crippen molar-refractivity contribution in [1.29, 1.82) is 0 Å². The molecule has 0 bridgehead atoms. The molecule has 1 atom stereocenters. The van der Waals surface area contributed by atoms with E-state index in [1.807, 2.05) is 6.07 Å². The van der Waals surface area contributed by atoms with Crippen LogP contribution >= 0.6 is 0 Å². The number of amides is 1. The summed E-state index contributed by atoms with van der Waals surface area (Å²) in [6.07, 6.45) is -0.749. The van der Waals surface area contributed by atoms with Crippen molar-refractivity contribution in [2.24, 2.45) is 0 Å². The normalized spacial score (nSPS) is 12.0. The first kappa shape index (κ1) is 22.2. The van der Waals surface area contributed by atoms with Crippen LogP contribution in [0, 0.1) is 0 Å². The third-order valence-electron chi connectivity index (χ3n) is 4.64. The predicted molar refractivity (Wildman–Crippen MR) is 120 cm³/mol. The number of rotatable bonds is 8. The minimum Gasteiger partial charge on any atom is -0.497 e. The van der Waals surface area contributed by atoms with E-state index >= 15 is 0 Å². The molecule has 3 aromatic carbocycles. The molecular formula is C23H24N2O5S. The number of carbonyl (C=O) groups is 1. The van der Waals surface area contributed by atoms with Gasteiger partial charge in [0.2, 0.25) is 0 Å². The summed E-state index contributed by atoms with van der Waals surface area (Å²) in [4.78, 5) is 12.6. The molecule has 31 heavy (non-hydrogen) atoms. The van der Waals surface area contributed by atoms with Crippen LogP contribution in [0.3, 0.4) is 0 Å². The molecule has 0 aliphatic rings. The predicted octanol–water partition coefficient (Wildman–Crippen LogP) is 3.93. The summed E-state index contributed by atoms with van der Waals surface area (Å²) in [6.45, 7) is 1.63. The SMILES string of the molecule is COc1ccc(OC(C)C(=O)Nc2ccc(S(=O)(=O)N(C)c3ccccc3)cc2)cc1. The number of nitrogens with one attached hydrogen (secondary N) is 1. The number of hydrogen-bond acceptors (Lipinski definition) is 5. The Kier molecular flexibility index (Phi) is 6.81. The molecule has 8 heteroatoms. The maximum Gasteiger partial charge on any atom is 0.265 e. The summed E-state index contributed by atoms with van der Waals surface area (Å²) in [5.41, 5.74) is 1.03. The monoisotopic (exact) mass is 440 g/mol. The number of carbonyl (C=O) groups excluding carboxylic acids is 1. The Hall–Kier alpha value is -3.52. The average molecular weight is 441 g/mol. The van der Waals surface area contributed by atoms with Crippen LogP contribution in [0.25, 0.3) is 0 Å². The maximum atomic E-state index is 12.8. The second kappa shape index (κ2) is 9.53. The Balaban J connectivity index is 1.64. The van der Waals surface area contributed by atoms with Gasteiger partial charge in [-0.1, -0.05) is 18.2 Å². The molecule has 1 N–H and O–H groups in total. The van der Waals surface area contributed by atoms with Crippen LogP contribution in [-0.2, 0) is 14.8 Å². The maximum absolute atomic E-state index is 12.8. The lowest BCUT2D eigenvalue weighted by Gasteiger charge is -2.19. The quantitative estimate of drug-likeness (QED) is 0.574. The molecule has 1 unspecified atom stereocenters. The lowest BCUT2D eigenvalue weighted by Crippen LogP contribution is -2.30. The highest BCUT2D eigenvalue weighted by Crippen LogP contribution is 2.23. The summed E-state index contributed by atoms with van der Waals surface area (Å²) in [5, 5.41) is 2.73. The van der Waals surface area contributed by atoms with E-state index in [0.717, 1.165) is 0 Å². The molecule has 0 radical (unpaired) electrons. The fraction of sp³-hybridized carbons (Fsp3) is 0.174. The van der Waals surface area contributed by atoms with Crippen LogP contribution in [0.1, 0.15) is 6.92 Å². The number of hydrogen-bond donors (Lipinski definition) is 1. The van der Waals surface area contributed by atoms with Crippen molar-refractivity contribution in [2.45, 2.75) is 17.9 Å². The second-order valence-electron chi connectivity index (χ2n) is 6.76. The molecule has 3 rings (SSSR count). The topological polar surface area (TPSA) is 84.9 Å². The van der Waals surface area contributed by atoms with E-state index in [9.17, 15) is 13.2 Å². The van der Waals surface area contributed by atoms with Crippen molar-refractivity contribution in [3.63, 3.8) is 0 Å². The first-order valence-corrected chi connectivity index (χ1v) is 11.0. The van der Waals surface area contributed by atoms with E-state index in [0.29, 0.717) is 22.9 Å². The van der Waals surface area contributed by atoms with Crippen molar-refractivity contribution < 1.29 is 22.7 Å². The van der Waals surface area contributed by atoms with Gasteiger partial charge < -0.3 is 14.8 Å². The molecule has 162 valence electrons. The van der Waals surface area contributed by atoms with E-state index in [4.69, 9.17) is 9.47 Å². The Bertz CT molecular complexity index is 1110. The first-order valence-electron chi connectivity index (χ1n) is 9.57. The second-order valence-corrected chi connectivity index (χ2v) is 8.73. The number of nitrogens with zero attached hydrogens (tertiary/aromatic N) is 1. The Morgan fingerprint density at radius 1 is 0.903 bits per heavy atom. The third kappa shape index (κ3) is 5.35. The molecule has 0 aromatic heterocycles. The number of methoxy groups -OCH3 is 1. The molecule has 0 aliphatic carbocycles. The molecule has 1 amide bonds. The number of anilines is 2. The van der Waals surface area contributed by atoms with Gasteiger partial charge in [0.05, 0.1) is 17.7 Å². The smallest absolute Gasteiger partial charge is 0.265 e. The highest BCUT2D eigenvalue weighted by molar-refractivity contribution is 7.92. The van der Waals surface area contributed by atoms with Gasteiger partial charge in [-0.25, -0.2) is 8.42 Å². The lowest BCUT2D eigenvalue weighted by atomic mass is 10.3. The van der Waals surface area contributed by atoms with E-state index < -0.39 is 16.1 Å². The van der Waals surface area contributed by atoms with Crippen molar-refractivity contribution >= 4 is 27.3 Å². The van der Waals surface area contributed by atoms with Crippen molar-refractivity contribution in [2.75, 3.05) is 23.8 Å². The summed E-state index contributed by atoms with van der Waals surface area (Å²) in [5.74, 6) is 0.874. The fourth-order valence-corrected chi connectivity index (χ4v) is 4.00. The van der Waals surface area contributed by atoms with Crippen LogP contribution in [0.15, 0.2) is 83.8 Å². The van der Waals surface area contributed by atoms with Crippen molar-refractivity contribution in [1.82, 2.24) is 0 Å². The lowest BCUT2D eigenvalue weighted by molar-refractivity contribution is -0.122. The molecule has 0 heterocycles. The molecular weight excluding hydrogens is 416 g/mol. The van der Waals surface area contributed by atoms with Gasteiger partial charge in [0.25, 0.3) is 15.9 Å². The molecule has 0 fully saturated rings. The molecule has 0 saturated carbocycles. The van der Waals surface area contributed by atoms with E-state index in [-0.39, 0.29) is 10.8 Å². The van der Waals surface area contributed by atoms with Crippen LogP contribution in [0.2, 0.25) is 0 Å². The fourth-order valence-electron chi connectivity index (χ4n) is 2.80. The van der Waals surface area contributed by atoms with Crippen molar-refractivity contribution in [3.8, 4) is 11.5 Å². The van der Waals surface area contributed by atoms with Crippen LogP contribution in [-0.4, -0.2) is 34.6 Å². The van der Waals surface area contributed by atoms with Crippen LogP contribution in [0.5, 0.6) is 11.5 Å². The van der Waals surface area contributed by atoms with Gasteiger partial charge in [0.15, 0.2) is 6.10 Å². The Labute approximate surface area is 182 Å². The number of para-hydroxylation sites is 1. The van der Waals surface area contributed by atoms with Crippen LogP contribution in [0.4, 0.5) is 11.4 Å². The largest absolute Gasteiger partial charge is 0.497 e. The molecule has 3 aromatic rings. The van der Waals surface area contributed by atoms with Gasteiger partial charge in [-0.05, 0) is 67.6 Å². The first-order chi connectivity index (χ1) is 14.8. The summed E-state index contributed by atoms with van der Waals surface area (Å²) in [7, 11) is -0.644. The molecule has 0 saturated heterocycles. The molecule has 7 nitrogen and oxygen atoms in total.